The number of benzene rings is 1. The Morgan fingerprint density at radius 1 is 1.12 bits per heavy atom. The zero-order valence-corrected chi connectivity index (χ0v) is 18.9. The third-order valence-corrected chi connectivity index (χ3v) is 5.53. The molecule has 1 saturated heterocycles. The highest BCUT2D eigenvalue weighted by molar-refractivity contribution is 5.94. The largest absolute Gasteiger partial charge is 0.508 e. The van der Waals surface area contributed by atoms with Crippen LogP contribution < -0.4 is 22.1 Å². The molecule has 0 aliphatic carbocycles. The molecule has 1 aliphatic rings. The zero-order chi connectivity index (χ0) is 25.4. The molecule has 1 heterocycles. The standard InChI is InChI=1S/C22H31N5O7/c1-12(23)21(32)27-10-2-3-17(27)20(31)25-15(8-9-18(24)29)19(30)26-16(22(33)34)11-13-4-6-14(28)7-5-13/h4-7,12,15-17,28H,2-3,8-11,23H2,1H3,(H2,24,29)(H,25,31)(H,26,30)(H,33,34). The molecule has 4 atom stereocenters. The number of rotatable bonds is 11. The fourth-order valence-corrected chi connectivity index (χ4v) is 3.73. The number of hydrogen-bond acceptors (Lipinski definition) is 7. The molecular weight excluding hydrogens is 446 g/mol. The average molecular weight is 478 g/mol. The number of primary amides is 1. The van der Waals surface area contributed by atoms with E-state index >= 15 is 0 Å². The molecule has 0 spiro atoms. The van der Waals surface area contributed by atoms with E-state index in [-0.39, 0.29) is 25.0 Å². The van der Waals surface area contributed by atoms with Gasteiger partial charge in [0.2, 0.25) is 23.6 Å². The van der Waals surface area contributed by atoms with E-state index in [1.807, 2.05) is 0 Å². The molecule has 186 valence electrons. The Hall–Kier alpha value is -3.67. The highest BCUT2D eigenvalue weighted by atomic mass is 16.4. The molecule has 12 nitrogen and oxygen atoms in total. The molecule has 0 bridgehead atoms. The van der Waals surface area contributed by atoms with Crippen LogP contribution in [0.3, 0.4) is 0 Å². The van der Waals surface area contributed by atoms with Crippen molar-refractivity contribution in [2.24, 2.45) is 11.5 Å². The van der Waals surface area contributed by atoms with Gasteiger partial charge in [-0.3, -0.25) is 19.2 Å². The molecule has 0 radical (unpaired) electrons. The van der Waals surface area contributed by atoms with E-state index in [1.165, 1.54) is 36.1 Å². The number of nitrogens with one attached hydrogen (secondary N) is 2. The van der Waals surface area contributed by atoms with Crippen LogP contribution in [0.1, 0.15) is 38.2 Å². The normalized spacial score (nSPS) is 17.9. The van der Waals surface area contributed by atoms with E-state index in [1.54, 1.807) is 0 Å². The van der Waals surface area contributed by atoms with Crippen LogP contribution in [0.4, 0.5) is 0 Å². The monoisotopic (exact) mass is 477 g/mol. The lowest BCUT2D eigenvalue weighted by molar-refractivity contribution is -0.143. The fraction of sp³-hybridized carbons (Fsp3) is 0.500. The van der Waals surface area contributed by atoms with Gasteiger partial charge in [0.25, 0.3) is 0 Å². The van der Waals surface area contributed by atoms with Crippen molar-refractivity contribution in [3.05, 3.63) is 29.8 Å². The van der Waals surface area contributed by atoms with Crippen molar-refractivity contribution < 1.29 is 34.2 Å². The summed E-state index contributed by atoms with van der Waals surface area (Å²) >= 11 is 0. The second kappa shape index (κ2) is 12.0. The Labute approximate surface area is 196 Å². The molecule has 0 saturated carbocycles. The number of phenols is 1. The predicted octanol–water partition coefficient (Wildman–Crippen LogP) is -1.41. The second-order valence-electron chi connectivity index (χ2n) is 8.31. The number of nitrogens with two attached hydrogens (primary N) is 2. The number of aliphatic carboxylic acids is 1. The summed E-state index contributed by atoms with van der Waals surface area (Å²) in [6.45, 7) is 1.86. The lowest BCUT2D eigenvalue weighted by atomic mass is 10.0. The van der Waals surface area contributed by atoms with Gasteiger partial charge < -0.3 is 37.2 Å². The Morgan fingerprint density at radius 2 is 1.76 bits per heavy atom. The van der Waals surface area contributed by atoms with Crippen molar-refractivity contribution in [3.8, 4) is 5.75 Å². The van der Waals surface area contributed by atoms with Gasteiger partial charge in [-0.2, -0.15) is 0 Å². The summed E-state index contributed by atoms with van der Waals surface area (Å²) < 4.78 is 0. The summed E-state index contributed by atoms with van der Waals surface area (Å²) in [6.07, 6.45) is 0.528. The van der Waals surface area contributed by atoms with Crippen LogP contribution in [0.2, 0.25) is 0 Å². The first-order valence-electron chi connectivity index (χ1n) is 11.0. The van der Waals surface area contributed by atoms with E-state index in [0.717, 1.165) is 0 Å². The van der Waals surface area contributed by atoms with Crippen molar-refractivity contribution in [1.29, 1.82) is 0 Å². The molecule has 1 aliphatic heterocycles. The van der Waals surface area contributed by atoms with Crippen LogP contribution >= 0.6 is 0 Å². The highest BCUT2D eigenvalue weighted by Gasteiger charge is 2.37. The summed E-state index contributed by atoms with van der Waals surface area (Å²) in [5.74, 6) is -3.77. The predicted molar refractivity (Wildman–Crippen MR) is 120 cm³/mol. The van der Waals surface area contributed by atoms with Crippen LogP contribution in [0.25, 0.3) is 0 Å². The third-order valence-electron chi connectivity index (χ3n) is 5.53. The smallest absolute Gasteiger partial charge is 0.326 e. The van der Waals surface area contributed by atoms with Gasteiger partial charge in [-0.15, -0.1) is 0 Å². The first-order valence-corrected chi connectivity index (χ1v) is 11.0. The first kappa shape index (κ1) is 26.6. The van der Waals surface area contributed by atoms with Crippen LogP contribution in [0, 0.1) is 0 Å². The number of hydrogen-bond donors (Lipinski definition) is 6. The molecule has 1 fully saturated rings. The topological polar surface area (TPSA) is 205 Å². The minimum Gasteiger partial charge on any atom is -0.508 e. The summed E-state index contributed by atoms with van der Waals surface area (Å²) in [5, 5.41) is 23.9. The molecule has 4 amide bonds. The lowest BCUT2D eigenvalue weighted by Gasteiger charge is -2.28. The van der Waals surface area contributed by atoms with Gasteiger partial charge >= 0.3 is 5.97 Å². The van der Waals surface area contributed by atoms with Gasteiger partial charge in [0.15, 0.2) is 0 Å². The summed E-state index contributed by atoms with van der Waals surface area (Å²) in [6, 6.07) is 1.64. The minimum atomic E-state index is -1.33. The van der Waals surface area contributed by atoms with Gasteiger partial charge in [-0.25, -0.2) is 4.79 Å². The lowest BCUT2D eigenvalue weighted by Crippen LogP contribution is -2.56. The van der Waals surface area contributed by atoms with Crippen molar-refractivity contribution in [2.75, 3.05) is 6.54 Å². The number of carbonyl (C=O) groups is 5. The van der Waals surface area contributed by atoms with Gasteiger partial charge in [-0.1, -0.05) is 12.1 Å². The van der Waals surface area contributed by atoms with Crippen molar-refractivity contribution in [1.82, 2.24) is 15.5 Å². The summed E-state index contributed by atoms with van der Waals surface area (Å²) in [7, 11) is 0. The quantitative estimate of drug-likeness (QED) is 0.223. The molecule has 12 heteroatoms. The molecule has 2 rings (SSSR count). The average Bonchev–Trinajstić information content (AvgIpc) is 3.26. The Kier molecular flexibility index (Phi) is 9.36. The number of carbonyl (C=O) groups excluding carboxylic acids is 4. The molecular formula is C22H31N5O7. The molecule has 0 aromatic heterocycles. The Bertz CT molecular complexity index is 919. The van der Waals surface area contributed by atoms with Gasteiger partial charge in [0.05, 0.1) is 6.04 Å². The van der Waals surface area contributed by atoms with E-state index in [4.69, 9.17) is 11.5 Å². The van der Waals surface area contributed by atoms with E-state index in [2.05, 4.69) is 10.6 Å². The Morgan fingerprint density at radius 3 is 2.32 bits per heavy atom. The maximum Gasteiger partial charge on any atom is 0.326 e. The minimum absolute atomic E-state index is 0.0114. The number of amides is 4. The number of phenolic OH excluding ortho intramolecular Hbond substituents is 1. The maximum atomic E-state index is 12.9. The van der Waals surface area contributed by atoms with E-state index in [9.17, 15) is 34.2 Å². The van der Waals surface area contributed by atoms with Crippen LogP contribution in [-0.2, 0) is 30.4 Å². The SMILES string of the molecule is CC(N)C(=O)N1CCCC1C(=O)NC(CCC(N)=O)C(=O)NC(Cc1ccc(O)cc1)C(=O)O. The number of aromatic hydroxyl groups is 1. The van der Waals surface area contributed by atoms with Crippen LogP contribution in [0.5, 0.6) is 5.75 Å². The third kappa shape index (κ3) is 7.44. The van der Waals surface area contributed by atoms with Crippen molar-refractivity contribution in [3.63, 3.8) is 0 Å². The van der Waals surface area contributed by atoms with Crippen LogP contribution in [0.15, 0.2) is 24.3 Å². The molecule has 1 aromatic carbocycles. The van der Waals surface area contributed by atoms with Crippen molar-refractivity contribution in [2.45, 2.75) is 63.2 Å². The first-order chi connectivity index (χ1) is 16.0. The molecule has 4 unspecified atom stereocenters. The maximum absolute atomic E-state index is 12.9. The van der Waals surface area contributed by atoms with Crippen LogP contribution in [-0.4, -0.2) is 75.4 Å². The molecule has 8 N–H and O–H groups in total. The number of carboxylic acid groups (broad SMARTS) is 1. The van der Waals surface area contributed by atoms with Gasteiger partial charge in [0, 0.05) is 19.4 Å². The molecule has 34 heavy (non-hydrogen) atoms. The number of carboxylic acids is 1. The second-order valence-corrected chi connectivity index (χ2v) is 8.31. The van der Waals surface area contributed by atoms with Gasteiger partial charge in [-0.05, 0) is 43.9 Å². The van der Waals surface area contributed by atoms with Gasteiger partial charge in [0.1, 0.15) is 23.9 Å². The van der Waals surface area contributed by atoms with E-state index < -0.39 is 53.8 Å². The van der Waals surface area contributed by atoms with Crippen molar-refractivity contribution >= 4 is 29.6 Å². The number of nitrogens with zero attached hydrogens (tertiary/aromatic N) is 1. The molecule has 1 aromatic rings. The highest BCUT2D eigenvalue weighted by Crippen LogP contribution is 2.19. The number of likely N-dealkylation sites (tertiary alicyclic amines) is 1. The van der Waals surface area contributed by atoms with E-state index in [0.29, 0.717) is 24.9 Å². The fourth-order valence-electron chi connectivity index (χ4n) is 3.73. The Balaban J connectivity index is 2.13. The zero-order valence-electron chi connectivity index (χ0n) is 18.9. The summed E-state index contributed by atoms with van der Waals surface area (Å²) in [5.41, 5.74) is 11.4. The summed E-state index contributed by atoms with van der Waals surface area (Å²) in [4.78, 5) is 62.5.